The molecule has 2 unspecified atom stereocenters. The summed E-state index contributed by atoms with van der Waals surface area (Å²) < 4.78 is 5.49. The van der Waals surface area contributed by atoms with Gasteiger partial charge in [-0.3, -0.25) is 9.59 Å². The van der Waals surface area contributed by atoms with Crippen LogP contribution in [0.2, 0.25) is 0 Å². The van der Waals surface area contributed by atoms with E-state index in [0.29, 0.717) is 13.0 Å². The van der Waals surface area contributed by atoms with Crippen molar-refractivity contribution in [1.29, 1.82) is 0 Å². The molecule has 7 nitrogen and oxygen atoms in total. The Kier molecular flexibility index (Phi) is 10.7. The molecule has 0 aromatic heterocycles. The molecule has 1 saturated carbocycles. The molecule has 0 heterocycles. The van der Waals surface area contributed by atoms with E-state index < -0.39 is 23.8 Å². The molecule has 1 aliphatic rings. The third kappa shape index (κ3) is 8.89. The molecule has 3 amide bonds. The summed E-state index contributed by atoms with van der Waals surface area (Å²) >= 11 is 0. The average molecular weight is 522 g/mol. The van der Waals surface area contributed by atoms with E-state index in [1.807, 2.05) is 67.6 Å². The lowest BCUT2D eigenvalue weighted by molar-refractivity contribution is -0.142. The van der Waals surface area contributed by atoms with Crippen LogP contribution in [0, 0.1) is 0 Å². The fraction of sp³-hybridized carbons (Fsp3) is 0.516. The van der Waals surface area contributed by atoms with Gasteiger partial charge in [0.15, 0.2) is 0 Å². The summed E-state index contributed by atoms with van der Waals surface area (Å²) in [6.07, 6.45) is 5.56. The molecule has 1 fully saturated rings. The molecule has 1 aliphatic carbocycles. The van der Waals surface area contributed by atoms with E-state index in [4.69, 9.17) is 4.74 Å². The Morgan fingerprint density at radius 3 is 2.13 bits per heavy atom. The molecule has 2 aromatic rings. The number of carbonyl (C=O) groups is 3. The fourth-order valence-electron chi connectivity index (χ4n) is 4.94. The molecule has 2 N–H and O–H groups in total. The molecular formula is C31H43N3O4. The first-order valence-corrected chi connectivity index (χ1v) is 13.9. The minimum atomic E-state index is -0.896. The number of ether oxygens (including phenoxy) is 1. The molecule has 38 heavy (non-hydrogen) atoms. The maximum Gasteiger partial charge on any atom is 0.408 e. The van der Waals surface area contributed by atoms with E-state index in [1.165, 1.54) is 6.42 Å². The van der Waals surface area contributed by atoms with Gasteiger partial charge in [0, 0.05) is 19.0 Å². The Bertz CT molecular complexity index is 1030. The highest BCUT2D eigenvalue weighted by Crippen LogP contribution is 2.25. The molecule has 0 radical (unpaired) electrons. The Morgan fingerprint density at radius 1 is 0.947 bits per heavy atom. The van der Waals surface area contributed by atoms with Crippen LogP contribution >= 0.6 is 0 Å². The topological polar surface area (TPSA) is 87.7 Å². The average Bonchev–Trinajstić information content (AvgIpc) is 2.88. The highest BCUT2D eigenvalue weighted by molar-refractivity contribution is 5.92. The molecule has 2 atom stereocenters. The normalized spacial score (nSPS) is 15.7. The van der Waals surface area contributed by atoms with Crippen LogP contribution in [0.15, 0.2) is 60.7 Å². The number of hydrogen-bond donors (Lipinski definition) is 2. The zero-order valence-corrected chi connectivity index (χ0v) is 23.2. The van der Waals surface area contributed by atoms with Gasteiger partial charge in [0.25, 0.3) is 0 Å². The van der Waals surface area contributed by atoms with Gasteiger partial charge in [-0.1, -0.05) is 86.8 Å². The van der Waals surface area contributed by atoms with E-state index in [2.05, 4.69) is 10.6 Å². The molecule has 206 valence electrons. The quantitative estimate of drug-likeness (QED) is 0.429. The van der Waals surface area contributed by atoms with Crippen LogP contribution in [0.3, 0.4) is 0 Å². The smallest absolute Gasteiger partial charge is 0.408 e. The zero-order chi connectivity index (χ0) is 27.5. The Balaban J connectivity index is 1.94. The molecule has 0 bridgehead atoms. The van der Waals surface area contributed by atoms with Gasteiger partial charge in [-0.25, -0.2) is 4.79 Å². The number of benzene rings is 2. The summed E-state index contributed by atoms with van der Waals surface area (Å²) in [6, 6.07) is 17.4. The first-order chi connectivity index (χ1) is 18.2. The van der Waals surface area contributed by atoms with Gasteiger partial charge in [0.1, 0.15) is 17.7 Å². The molecule has 0 spiro atoms. The van der Waals surface area contributed by atoms with Crippen LogP contribution in [0.5, 0.6) is 0 Å². The highest BCUT2D eigenvalue weighted by atomic mass is 16.6. The van der Waals surface area contributed by atoms with Crippen molar-refractivity contribution in [2.45, 2.75) is 96.4 Å². The van der Waals surface area contributed by atoms with Crippen molar-refractivity contribution < 1.29 is 19.1 Å². The van der Waals surface area contributed by atoms with Crippen molar-refractivity contribution in [3.05, 3.63) is 71.8 Å². The van der Waals surface area contributed by atoms with Crippen LogP contribution in [0.25, 0.3) is 0 Å². The van der Waals surface area contributed by atoms with Crippen molar-refractivity contribution >= 4 is 17.9 Å². The minimum absolute atomic E-state index is 0.112. The van der Waals surface area contributed by atoms with E-state index in [9.17, 15) is 14.4 Å². The van der Waals surface area contributed by atoms with Crippen molar-refractivity contribution in [3.63, 3.8) is 0 Å². The second-order valence-corrected chi connectivity index (χ2v) is 11.1. The van der Waals surface area contributed by atoms with Crippen LogP contribution < -0.4 is 10.6 Å². The maximum absolute atomic E-state index is 14.2. The van der Waals surface area contributed by atoms with Crippen molar-refractivity contribution in [2.24, 2.45) is 0 Å². The van der Waals surface area contributed by atoms with Crippen LogP contribution in [-0.4, -0.2) is 47.0 Å². The SMILES string of the molecule is CCCN(C(=O)C(Cc1ccccc1)NC(=O)OC(C)(C)C)C(C(=O)NC1CCCCC1)c1ccccc1. The molecule has 0 saturated heterocycles. The van der Waals surface area contributed by atoms with Gasteiger partial charge in [-0.05, 0) is 51.2 Å². The van der Waals surface area contributed by atoms with Crippen LogP contribution in [-0.2, 0) is 20.7 Å². The first-order valence-electron chi connectivity index (χ1n) is 13.9. The van der Waals surface area contributed by atoms with Gasteiger partial charge in [0.05, 0.1) is 0 Å². The highest BCUT2D eigenvalue weighted by Gasteiger charge is 2.36. The second-order valence-electron chi connectivity index (χ2n) is 11.1. The summed E-state index contributed by atoms with van der Waals surface area (Å²) in [7, 11) is 0. The van der Waals surface area contributed by atoms with Crippen LogP contribution in [0.4, 0.5) is 4.79 Å². The number of nitrogens with zero attached hydrogens (tertiary/aromatic N) is 1. The molecule has 3 rings (SSSR count). The van der Waals surface area contributed by atoms with Gasteiger partial charge >= 0.3 is 6.09 Å². The third-order valence-electron chi connectivity index (χ3n) is 6.65. The van der Waals surface area contributed by atoms with Gasteiger partial charge < -0.3 is 20.3 Å². The molecule has 0 aliphatic heterocycles. The zero-order valence-electron chi connectivity index (χ0n) is 23.2. The number of hydrogen-bond acceptors (Lipinski definition) is 4. The predicted octanol–water partition coefficient (Wildman–Crippen LogP) is 5.55. The van der Waals surface area contributed by atoms with Gasteiger partial charge in [-0.15, -0.1) is 0 Å². The van der Waals surface area contributed by atoms with Gasteiger partial charge in [-0.2, -0.15) is 0 Å². The predicted molar refractivity (Wildman–Crippen MR) is 150 cm³/mol. The van der Waals surface area contributed by atoms with Crippen molar-refractivity contribution in [3.8, 4) is 0 Å². The lowest BCUT2D eigenvalue weighted by atomic mass is 9.94. The minimum Gasteiger partial charge on any atom is -0.444 e. The fourth-order valence-corrected chi connectivity index (χ4v) is 4.94. The summed E-state index contributed by atoms with van der Waals surface area (Å²) in [5.74, 6) is -0.491. The second kappa shape index (κ2) is 14.0. The molecular weight excluding hydrogens is 478 g/mol. The first kappa shape index (κ1) is 29.2. The Hall–Kier alpha value is -3.35. The van der Waals surface area contributed by atoms with E-state index in [1.54, 1.807) is 25.7 Å². The van der Waals surface area contributed by atoms with E-state index in [-0.39, 0.29) is 24.3 Å². The Labute approximate surface area is 227 Å². The summed E-state index contributed by atoms with van der Waals surface area (Å²) in [6.45, 7) is 7.70. The Morgan fingerprint density at radius 2 is 1.55 bits per heavy atom. The maximum atomic E-state index is 14.2. The van der Waals surface area contributed by atoms with E-state index in [0.717, 1.165) is 36.8 Å². The number of nitrogens with one attached hydrogen (secondary N) is 2. The number of rotatable bonds is 10. The third-order valence-corrected chi connectivity index (χ3v) is 6.65. The van der Waals surface area contributed by atoms with Crippen LogP contribution in [0.1, 0.15) is 83.4 Å². The standard InChI is InChI=1S/C31H43N3O4/c1-5-21-34(27(24-17-11-7-12-18-24)28(35)32-25-19-13-8-14-20-25)29(36)26(22-23-15-9-6-10-16-23)33-30(37)38-31(2,3)4/h6-7,9-12,15-18,25-27H,5,8,13-14,19-22H2,1-4H3,(H,32,35)(H,33,37). The lowest BCUT2D eigenvalue weighted by Crippen LogP contribution is -2.54. The van der Waals surface area contributed by atoms with Crippen molar-refractivity contribution in [2.75, 3.05) is 6.54 Å². The monoisotopic (exact) mass is 521 g/mol. The number of alkyl carbamates (subject to hydrolysis) is 1. The molecule has 2 aromatic carbocycles. The summed E-state index contributed by atoms with van der Waals surface area (Å²) in [4.78, 5) is 42.5. The molecule has 7 heteroatoms. The summed E-state index contributed by atoms with van der Waals surface area (Å²) in [5, 5.41) is 6.03. The number of amides is 3. The van der Waals surface area contributed by atoms with Gasteiger partial charge in [0.2, 0.25) is 11.8 Å². The lowest BCUT2D eigenvalue weighted by Gasteiger charge is -2.35. The largest absolute Gasteiger partial charge is 0.444 e. The van der Waals surface area contributed by atoms with Crippen molar-refractivity contribution in [1.82, 2.24) is 15.5 Å². The van der Waals surface area contributed by atoms with E-state index >= 15 is 0 Å². The number of carbonyl (C=O) groups excluding carboxylic acids is 3. The summed E-state index contributed by atoms with van der Waals surface area (Å²) in [5.41, 5.74) is 0.944.